The Hall–Kier alpha value is -3.41. The first kappa shape index (κ1) is 21.3. The molecule has 0 aliphatic heterocycles. The predicted molar refractivity (Wildman–Crippen MR) is 117 cm³/mol. The standard InChI is InChI=1S/C24H27N3O3/c1-15(2)20-13-9-10-14-21(20)25-23(28)18(5)30-24(29)22-16(3)26-27(17(22)4)19-11-7-6-8-12-19/h6-15,18H,1-5H3,(H,25,28)/t18-/m1/s1. The van der Waals surface area contributed by atoms with Crippen LogP contribution in [0.1, 0.15) is 54.0 Å². The van der Waals surface area contributed by atoms with Gasteiger partial charge < -0.3 is 10.1 Å². The van der Waals surface area contributed by atoms with Crippen molar-refractivity contribution in [3.8, 4) is 5.69 Å². The summed E-state index contributed by atoms with van der Waals surface area (Å²) >= 11 is 0. The number of esters is 1. The first-order chi connectivity index (χ1) is 14.3. The lowest BCUT2D eigenvalue weighted by atomic mass is 10.0. The third-order valence-corrected chi connectivity index (χ3v) is 4.99. The molecule has 3 aromatic rings. The zero-order chi connectivity index (χ0) is 21.8. The maximum atomic E-state index is 12.8. The van der Waals surface area contributed by atoms with Gasteiger partial charge in [-0.3, -0.25) is 4.79 Å². The van der Waals surface area contributed by atoms with Crippen molar-refractivity contribution in [3.63, 3.8) is 0 Å². The van der Waals surface area contributed by atoms with Crippen molar-refractivity contribution >= 4 is 17.6 Å². The third kappa shape index (κ3) is 4.43. The van der Waals surface area contributed by atoms with Crippen molar-refractivity contribution < 1.29 is 14.3 Å². The maximum Gasteiger partial charge on any atom is 0.342 e. The number of aryl methyl sites for hydroxylation is 1. The summed E-state index contributed by atoms with van der Waals surface area (Å²) in [5.74, 6) is -0.678. The number of ether oxygens (including phenoxy) is 1. The minimum absolute atomic E-state index is 0.258. The Balaban J connectivity index is 1.75. The number of nitrogens with one attached hydrogen (secondary N) is 1. The number of carbonyl (C=O) groups is 2. The van der Waals surface area contributed by atoms with E-state index in [0.717, 1.165) is 16.9 Å². The number of nitrogens with zero attached hydrogens (tertiary/aromatic N) is 2. The average molecular weight is 405 g/mol. The molecule has 1 N–H and O–H groups in total. The summed E-state index contributed by atoms with van der Waals surface area (Å²) in [7, 11) is 0. The average Bonchev–Trinajstić information content (AvgIpc) is 3.02. The molecule has 6 heteroatoms. The summed E-state index contributed by atoms with van der Waals surface area (Å²) in [6, 6.07) is 17.2. The Kier molecular flexibility index (Phi) is 6.35. The van der Waals surface area contributed by atoms with Gasteiger partial charge in [0.25, 0.3) is 5.91 Å². The highest BCUT2D eigenvalue weighted by molar-refractivity contribution is 5.98. The van der Waals surface area contributed by atoms with Crippen LogP contribution in [0, 0.1) is 13.8 Å². The molecule has 0 unspecified atom stereocenters. The molecule has 0 spiro atoms. The first-order valence-corrected chi connectivity index (χ1v) is 10.0. The molecule has 1 aromatic heterocycles. The van der Waals surface area contributed by atoms with Crippen molar-refractivity contribution in [2.24, 2.45) is 0 Å². The summed E-state index contributed by atoms with van der Waals surface area (Å²) in [6.07, 6.45) is -0.948. The third-order valence-electron chi connectivity index (χ3n) is 4.99. The number of aromatic nitrogens is 2. The van der Waals surface area contributed by atoms with Gasteiger partial charge in [-0.25, -0.2) is 9.48 Å². The van der Waals surface area contributed by atoms with E-state index in [-0.39, 0.29) is 11.8 Å². The van der Waals surface area contributed by atoms with Crippen LogP contribution in [-0.2, 0) is 9.53 Å². The normalized spacial score (nSPS) is 11.9. The Labute approximate surface area is 176 Å². The molecule has 0 saturated heterocycles. The topological polar surface area (TPSA) is 73.2 Å². The smallest absolute Gasteiger partial charge is 0.342 e. The highest BCUT2D eigenvalue weighted by atomic mass is 16.5. The van der Waals surface area contributed by atoms with Crippen molar-refractivity contribution in [1.29, 1.82) is 0 Å². The van der Waals surface area contributed by atoms with Crippen LogP contribution in [0.4, 0.5) is 5.69 Å². The highest BCUT2D eigenvalue weighted by Crippen LogP contribution is 2.24. The molecular weight excluding hydrogens is 378 g/mol. The van der Waals surface area contributed by atoms with Crippen molar-refractivity contribution in [1.82, 2.24) is 9.78 Å². The van der Waals surface area contributed by atoms with E-state index in [4.69, 9.17) is 4.74 Å². The van der Waals surface area contributed by atoms with Gasteiger partial charge in [-0.1, -0.05) is 50.2 Å². The molecule has 0 bridgehead atoms. The fourth-order valence-corrected chi connectivity index (χ4v) is 3.38. The van der Waals surface area contributed by atoms with Crippen molar-refractivity contribution in [2.45, 2.75) is 46.6 Å². The van der Waals surface area contributed by atoms with E-state index in [2.05, 4.69) is 24.3 Å². The van der Waals surface area contributed by atoms with Crippen LogP contribution in [0.25, 0.3) is 5.69 Å². The number of hydrogen-bond acceptors (Lipinski definition) is 4. The Morgan fingerprint density at radius 3 is 2.27 bits per heavy atom. The summed E-state index contributed by atoms with van der Waals surface area (Å²) in [5.41, 5.74) is 4.21. The van der Waals surface area contributed by atoms with E-state index in [9.17, 15) is 9.59 Å². The number of anilines is 1. The molecule has 3 rings (SSSR count). The van der Waals surface area contributed by atoms with E-state index < -0.39 is 12.1 Å². The number of carbonyl (C=O) groups excluding carboxylic acids is 2. The summed E-state index contributed by atoms with van der Waals surface area (Å²) in [5, 5.41) is 7.34. The molecular formula is C24H27N3O3. The minimum Gasteiger partial charge on any atom is -0.449 e. The van der Waals surface area contributed by atoms with E-state index in [1.807, 2.05) is 61.5 Å². The fourth-order valence-electron chi connectivity index (χ4n) is 3.38. The van der Waals surface area contributed by atoms with Crippen molar-refractivity contribution in [3.05, 3.63) is 77.1 Å². The van der Waals surface area contributed by atoms with Gasteiger partial charge in [-0.15, -0.1) is 0 Å². The van der Waals surface area contributed by atoms with Gasteiger partial charge in [0.1, 0.15) is 5.56 Å². The van der Waals surface area contributed by atoms with Crippen LogP contribution in [0.3, 0.4) is 0 Å². The van der Waals surface area contributed by atoms with Crippen LogP contribution < -0.4 is 5.32 Å². The number of para-hydroxylation sites is 2. The summed E-state index contributed by atoms with van der Waals surface area (Å²) in [4.78, 5) is 25.5. The fraction of sp³-hybridized carbons (Fsp3) is 0.292. The zero-order valence-corrected chi connectivity index (χ0v) is 18.0. The second-order valence-corrected chi connectivity index (χ2v) is 7.57. The van der Waals surface area contributed by atoms with Crippen LogP contribution in [0.5, 0.6) is 0 Å². The molecule has 6 nitrogen and oxygen atoms in total. The minimum atomic E-state index is -0.948. The van der Waals surface area contributed by atoms with Gasteiger partial charge in [0.05, 0.1) is 17.1 Å². The van der Waals surface area contributed by atoms with Gasteiger partial charge in [0.2, 0.25) is 0 Å². The Morgan fingerprint density at radius 2 is 1.60 bits per heavy atom. The van der Waals surface area contributed by atoms with Crippen LogP contribution in [0.15, 0.2) is 54.6 Å². The molecule has 1 amide bonds. The molecule has 1 heterocycles. The lowest BCUT2D eigenvalue weighted by Crippen LogP contribution is -2.30. The van der Waals surface area contributed by atoms with Gasteiger partial charge >= 0.3 is 5.97 Å². The van der Waals surface area contributed by atoms with Crippen LogP contribution >= 0.6 is 0 Å². The number of hydrogen-bond donors (Lipinski definition) is 1. The summed E-state index contributed by atoms with van der Waals surface area (Å²) in [6.45, 7) is 9.26. The zero-order valence-electron chi connectivity index (χ0n) is 18.0. The van der Waals surface area contributed by atoms with Gasteiger partial charge in [0.15, 0.2) is 6.10 Å². The summed E-state index contributed by atoms with van der Waals surface area (Å²) < 4.78 is 7.18. The number of amides is 1. The van der Waals surface area contributed by atoms with Gasteiger partial charge in [-0.2, -0.15) is 5.10 Å². The van der Waals surface area contributed by atoms with E-state index in [0.29, 0.717) is 17.0 Å². The molecule has 0 aliphatic rings. The SMILES string of the molecule is Cc1nn(-c2ccccc2)c(C)c1C(=O)O[C@H](C)C(=O)Nc1ccccc1C(C)C. The monoisotopic (exact) mass is 405 g/mol. The second-order valence-electron chi connectivity index (χ2n) is 7.57. The van der Waals surface area contributed by atoms with Gasteiger partial charge in [-0.05, 0) is 50.5 Å². The van der Waals surface area contributed by atoms with Crippen molar-refractivity contribution in [2.75, 3.05) is 5.32 Å². The first-order valence-electron chi connectivity index (χ1n) is 10.0. The molecule has 0 aliphatic carbocycles. The Morgan fingerprint density at radius 1 is 0.967 bits per heavy atom. The predicted octanol–water partition coefficient (Wildman–Crippen LogP) is 4.80. The molecule has 1 atom stereocenters. The largest absolute Gasteiger partial charge is 0.449 e. The lowest BCUT2D eigenvalue weighted by Gasteiger charge is -2.17. The maximum absolute atomic E-state index is 12.8. The quantitative estimate of drug-likeness (QED) is 0.598. The molecule has 156 valence electrons. The van der Waals surface area contributed by atoms with Gasteiger partial charge in [0, 0.05) is 5.69 Å². The molecule has 30 heavy (non-hydrogen) atoms. The second kappa shape index (κ2) is 8.95. The molecule has 0 saturated carbocycles. The molecule has 0 fully saturated rings. The lowest BCUT2D eigenvalue weighted by molar-refractivity contribution is -0.123. The van der Waals surface area contributed by atoms with Crippen LogP contribution in [0.2, 0.25) is 0 Å². The Bertz CT molecular complexity index is 1050. The number of benzene rings is 2. The van der Waals surface area contributed by atoms with Crippen LogP contribution in [-0.4, -0.2) is 27.8 Å². The van der Waals surface area contributed by atoms with E-state index in [1.54, 1.807) is 18.5 Å². The van der Waals surface area contributed by atoms with E-state index in [1.165, 1.54) is 0 Å². The highest BCUT2D eigenvalue weighted by Gasteiger charge is 2.25. The molecule has 0 radical (unpaired) electrons. The van der Waals surface area contributed by atoms with E-state index >= 15 is 0 Å². The number of rotatable bonds is 6. The molecule has 2 aromatic carbocycles.